The highest BCUT2D eigenvalue weighted by molar-refractivity contribution is 5.90. The summed E-state index contributed by atoms with van der Waals surface area (Å²) in [5.74, 6) is 2.02. The highest BCUT2D eigenvalue weighted by atomic mass is 16.5. The summed E-state index contributed by atoms with van der Waals surface area (Å²) >= 11 is 0. The van der Waals surface area contributed by atoms with Crippen LogP contribution >= 0.6 is 0 Å². The standard InChI is InChI=1S/C17H20N2O4/c1-21-13-6-5-7-14(12-13)23-11-10-18-17(20)19-15-8-3-4-9-16(15)22-2/h3-9,12H,10-11H2,1-2H3,(H2,18,19,20). The van der Waals surface area contributed by atoms with Gasteiger partial charge in [-0.25, -0.2) is 4.79 Å². The zero-order valence-electron chi connectivity index (χ0n) is 13.2. The van der Waals surface area contributed by atoms with Crippen molar-refractivity contribution in [2.75, 3.05) is 32.7 Å². The van der Waals surface area contributed by atoms with E-state index in [9.17, 15) is 4.79 Å². The molecule has 0 aliphatic rings. The molecule has 0 radical (unpaired) electrons. The van der Waals surface area contributed by atoms with Crippen LogP contribution in [0, 0.1) is 0 Å². The molecule has 2 N–H and O–H groups in total. The SMILES string of the molecule is COc1cccc(OCCNC(=O)Nc2ccccc2OC)c1. The number of ether oxygens (including phenoxy) is 3. The molecule has 2 aromatic rings. The summed E-state index contributed by atoms with van der Waals surface area (Å²) in [4.78, 5) is 11.8. The summed E-state index contributed by atoms with van der Waals surface area (Å²) < 4.78 is 15.8. The molecule has 0 aromatic heterocycles. The van der Waals surface area contributed by atoms with Crippen LogP contribution in [0.3, 0.4) is 0 Å². The second-order valence-electron chi connectivity index (χ2n) is 4.61. The normalized spacial score (nSPS) is 9.83. The number of para-hydroxylation sites is 2. The van der Waals surface area contributed by atoms with E-state index in [2.05, 4.69) is 10.6 Å². The topological polar surface area (TPSA) is 68.8 Å². The molecular weight excluding hydrogens is 296 g/mol. The van der Waals surface area contributed by atoms with Crippen molar-refractivity contribution in [3.8, 4) is 17.2 Å². The molecule has 6 nitrogen and oxygen atoms in total. The number of nitrogens with one attached hydrogen (secondary N) is 2. The molecule has 0 fully saturated rings. The number of benzene rings is 2. The second-order valence-corrected chi connectivity index (χ2v) is 4.61. The Morgan fingerprint density at radius 3 is 2.57 bits per heavy atom. The average Bonchev–Trinajstić information content (AvgIpc) is 2.59. The van der Waals surface area contributed by atoms with Crippen LogP contribution in [0.4, 0.5) is 10.5 Å². The number of carbonyl (C=O) groups excluding carboxylic acids is 1. The molecule has 0 unspecified atom stereocenters. The maximum absolute atomic E-state index is 11.8. The highest BCUT2D eigenvalue weighted by Crippen LogP contribution is 2.22. The monoisotopic (exact) mass is 316 g/mol. The number of hydrogen-bond donors (Lipinski definition) is 2. The Morgan fingerprint density at radius 1 is 1.00 bits per heavy atom. The Kier molecular flexibility index (Phi) is 6.11. The summed E-state index contributed by atoms with van der Waals surface area (Å²) in [5.41, 5.74) is 0.612. The van der Waals surface area contributed by atoms with Crippen LogP contribution < -0.4 is 24.8 Å². The summed E-state index contributed by atoms with van der Waals surface area (Å²) in [6.45, 7) is 0.727. The first-order valence-corrected chi connectivity index (χ1v) is 7.17. The van der Waals surface area contributed by atoms with Crippen molar-refractivity contribution in [3.63, 3.8) is 0 Å². The van der Waals surface area contributed by atoms with Crippen molar-refractivity contribution in [2.24, 2.45) is 0 Å². The van der Waals surface area contributed by atoms with Crippen molar-refractivity contribution >= 4 is 11.7 Å². The minimum Gasteiger partial charge on any atom is -0.497 e. The van der Waals surface area contributed by atoms with E-state index < -0.39 is 0 Å². The summed E-state index contributed by atoms with van der Waals surface area (Å²) in [7, 11) is 3.16. The van der Waals surface area contributed by atoms with E-state index in [1.807, 2.05) is 30.3 Å². The molecule has 2 amide bonds. The molecule has 0 bridgehead atoms. The van der Waals surface area contributed by atoms with Gasteiger partial charge in [0.2, 0.25) is 0 Å². The smallest absolute Gasteiger partial charge is 0.319 e. The van der Waals surface area contributed by atoms with Crippen LogP contribution in [0.25, 0.3) is 0 Å². The fraction of sp³-hybridized carbons (Fsp3) is 0.235. The minimum absolute atomic E-state index is 0.316. The predicted octanol–water partition coefficient (Wildman–Crippen LogP) is 2.90. The fourth-order valence-corrected chi connectivity index (χ4v) is 1.94. The van der Waals surface area contributed by atoms with Gasteiger partial charge >= 0.3 is 6.03 Å². The lowest BCUT2D eigenvalue weighted by molar-refractivity contribution is 0.247. The van der Waals surface area contributed by atoms with Crippen LogP contribution in [0.2, 0.25) is 0 Å². The number of rotatable bonds is 7. The minimum atomic E-state index is -0.316. The second kappa shape index (κ2) is 8.53. The van der Waals surface area contributed by atoms with E-state index in [1.165, 1.54) is 0 Å². The van der Waals surface area contributed by atoms with Gasteiger partial charge in [-0.3, -0.25) is 0 Å². The van der Waals surface area contributed by atoms with E-state index in [0.29, 0.717) is 30.3 Å². The van der Waals surface area contributed by atoms with Crippen molar-refractivity contribution < 1.29 is 19.0 Å². The van der Waals surface area contributed by atoms with Gasteiger partial charge in [0, 0.05) is 6.07 Å². The molecule has 0 saturated heterocycles. The first kappa shape index (κ1) is 16.5. The van der Waals surface area contributed by atoms with Crippen molar-refractivity contribution in [1.82, 2.24) is 5.32 Å². The van der Waals surface area contributed by atoms with Gasteiger partial charge in [0.25, 0.3) is 0 Å². The van der Waals surface area contributed by atoms with Gasteiger partial charge in [-0.15, -0.1) is 0 Å². The molecule has 2 rings (SSSR count). The zero-order valence-corrected chi connectivity index (χ0v) is 13.2. The van der Waals surface area contributed by atoms with E-state index in [0.717, 1.165) is 5.75 Å². The first-order chi connectivity index (χ1) is 11.2. The number of methoxy groups -OCH3 is 2. The first-order valence-electron chi connectivity index (χ1n) is 7.17. The van der Waals surface area contributed by atoms with E-state index in [-0.39, 0.29) is 6.03 Å². The molecule has 0 atom stereocenters. The third-order valence-electron chi connectivity index (χ3n) is 3.05. The van der Waals surface area contributed by atoms with Gasteiger partial charge in [-0.05, 0) is 24.3 Å². The van der Waals surface area contributed by atoms with Crippen LogP contribution in [0.15, 0.2) is 48.5 Å². The van der Waals surface area contributed by atoms with Crippen molar-refractivity contribution in [1.29, 1.82) is 0 Å². The molecule has 0 heterocycles. The van der Waals surface area contributed by atoms with Crippen LogP contribution in [-0.4, -0.2) is 33.4 Å². The van der Waals surface area contributed by atoms with Crippen LogP contribution in [0.1, 0.15) is 0 Å². The molecule has 0 saturated carbocycles. The largest absolute Gasteiger partial charge is 0.497 e. The number of amides is 2. The third kappa shape index (κ3) is 5.10. The van der Waals surface area contributed by atoms with Gasteiger partial charge in [0.15, 0.2) is 0 Å². The van der Waals surface area contributed by atoms with Gasteiger partial charge in [-0.1, -0.05) is 18.2 Å². The lowest BCUT2D eigenvalue weighted by Crippen LogP contribution is -2.32. The molecule has 0 aliphatic carbocycles. The number of hydrogen-bond acceptors (Lipinski definition) is 4. The van der Waals surface area contributed by atoms with Gasteiger partial charge in [0.1, 0.15) is 23.9 Å². The number of urea groups is 1. The molecule has 0 spiro atoms. The average molecular weight is 316 g/mol. The molecule has 2 aromatic carbocycles. The fourth-order valence-electron chi connectivity index (χ4n) is 1.94. The maximum Gasteiger partial charge on any atom is 0.319 e. The van der Waals surface area contributed by atoms with Gasteiger partial charge < -0.3 is 24.8 Å². The Bertz CT molecular complexity index is 646. The van der Waals surface area contributed by atoms with Gasteiger partial charge in [-0.2, -0.15) is 0 Å². The predicted molar refractivity (Wildman–Crippen MR) is 88.5 cm³/mol. The summed E-state index contributed by atoms with van der Waals surface area (Å²) in [5, 5.41) is 5.45. The molecule has 6 heteroatoms. The molecule has 0 aliphatic heterocycles. The van der Waals surface area contributed by atoms with Gasteiger partial charge in [0.05, 0.1) is 26.5 Å². The van der Waals surface area contributed by atoms with Crippen molar-refractivity contribution in [3.05, 3.63) is 48.5 Å². The number of carbonyl (C=O) groups is 1. The Morgan fingerprint density at radius 2 is 1.78 bits per heavy atom. The van der Waals surface area contributed by atoms with E-state index >= 15 is 0 Å². The molecule has 23 heavy (non-hydrogen) atoms. The molecule has 122 valence electrons. The van der Waals surface area contributed by atoms with E-state index in [1.54, 1.807) is 32.4 Å². The Hall–Kier alpha value is -2.89. The van der Waals surface area contributed by atoms with E-state index in [4.69, 9.17) is 14.2 Å². The van der Waals surface area contributed by atoms with Crippen LogP contribution in [0.5, 0.6) is 17.2 Å². The maximum atomic E-state index is 11.8. The third-order valence-corrected chi connectivity index (χ3v) is 3.05. The van der Waals surface area contributed by atoms with Crippen LogP contribution in [-0.2, 0) is 0 Å². The number of anilines is 1. The van der Waals surface area contributed by atoms with Crippen molar-refractivity contribution in [2.45, 2.75) is 0 Å². The molecular formula is C17H20N2O4. The lowest BCUT2D eigenvalue weighted by atomic mass is 10.3. The Balaban J connectivity index is 1.74. The zero-order chi connectivity index (χ0) is 16.5. The lowest BCUT2D eigenvalue weighted by Gasteiger charge is -2.11. The summed E-state index contributed by atoms with van der Waals surface area (Å²) in [6.07, 6.45) is 0. The highest BCUT2D eigenvalue weighted by Gasteiger charge is 2.06. The summed E-state index contributed by atoms with van der Waals surface area (Å²) in [6, 6.07) is 14.2. The Labute approximate surface area is 135 Å². The quantitative estimate of drug-likeness (QED) is 0.771.